The fraction of sp³-hybridized carbons (Fsp3) is 0.143. The first-order chi connectivity index (χ1) is 5.24. The highest BCUT2D eigenvalue weighted by atomic mass is 16.4. The summed E-state index contributed by atoms with van der Waals surface area (Å²) in [4.78, 5) is 10.1. The molecule has 0 atom stereocenters. The van der Waals surface area contributed by atoms with Crippen LogP contribution in [0.4, 0.5) is 0 Å². The number of hydrogen-bond donors (Lipinski definition) is 2. The zero-order chi connectivity index (χ0) is 8.27. The quantitative estimate of drug-likeness (QED) is 0.396. The van der Waals surface area contributed by atoms with E-state index in [2.05, 4.69) is 0 Å². The van der Waals surface area contributed by atoms with Crippen LogP contribution in [0.2, 0.25) is 0 Å². The van der Waals surface area contributed by atoms with Gasteiger partial charge in [0.05, 0.1) is 0 Å². The van der Waals surface area contributed by atoms with Gasteiger partial charge in [0.2, 0.25) is 0 Å². The van der Waals surface area contributed by atoms with E-state index in [4.69, 9.17) is 10.0 Å². The molecular formula is C7H7BO3. The van der Waals surface area contributed by atoms with E-state index < -0.39 is 7.12 Å². The maximum Gasteiger partial charge on any atom is 0.488 e. The van der Waals surface area contributed by atoms with Crippen LogP contribution < -0.4 is 0 Å². The third kappa shape index (κ3) is 1.92. The Morgan fingerprint density at radius 3 is 2.82 bits per heavy atom. The molecule has 1 rings (SSSR count). The van der Waals surface area contributed by atoms with Crippen LogP contribution in [0.3, 0.4) is 0 Å². The Bertz CT molecular complexity index is 259. The summed E-state index contributed by atoms with van der Waals surface area (Å²) in [6.45, 7) is 0. The van der Waals surface area contributed by atoms with Crippen LogP contribution >= 0.6 is 0 Å². The van der Waals surface area contributed by atoms with E-state index in [9.17, 15) is 4.79 Å². The molecule has 1 aliphatic rings. The molecule has 2 N–H and O–H groups in total. The van der Waals surface area contributed by atoms with Crippen LogP contribution in [-0.4, -0.2) is 23.1 Å². The fourth-order valence-corrected chi connectivity index (χ4v) is 0.862. The topological polar surface area (TPSA) is 57.5 Å². The van der Waals surface area contributed by atoms with Crippen molar-refractivity contribution in [2.45, 2.75) is 6.42 Å². The van der Waals surface area contributed by atoms with Gasteiger partial charge >= 0.3 is 7.12 Å². The Balaban J connectivity index is 2.89. The minimum Gasteiger partial charge on any atom is -0.423 e. The molecule has 3 nitrogen and oxygen atoms in total. The van der Waals surface area contributed by atoms with Gasteiger partial charge in [-0.25, -0.2) is 4.79 Å². The van der Waals surface area contributed by atoms with Gasteiger partial charge in [-0.1, -0.05) is 12.2 Å². The summed E-state index contributed by atoms with van der Waals surface area (Å²) in [5.41, 5.74) is 0.769. The van der Waals surface area contributed by atoms with Crippen molar-refractivity contribution in [2.24, 2.45) is 0 Å². The lowest BCUT2D eigenvalue weighted by Crippen LogP contribution is -2.15. The normalized spacial score (nSPS) is 15.8. The van der Waals surface area contributed by atoms with Crippen LogP contribution in [0.25, 0.3) is 0 Å². The van der Waals surface area contributed by atoms with Gasteiger partial charge in [-0.3, -0.25) is 0 Å². The molecule has 0 amide bonds. The maximum atomic E-state index is 10.1. The first-order valence-corrected chi connectivity index (χ1v) is 3.22. The fourth-order valence-electron chi connectivity index (χ4n) is 0.862. The molecule has 0 saturated heterocycles. The van der Waals surface area contributed by atoms with E-state index in [0.29, 0.717) is 17.5 Å². The predicted octanol–water partition coefficient (Wildman–Crippen LogP) is -0.357. The van der Waals surface area contributed by atoms with Crippen molar-refractivity contribution in [1.29, 1.82) is 0 Å². The molecule has 4 heteroatoms. The zero-order valence-electron chi connectivity index (χ0n) is 5.82. The molecule has 0 heterocycles. The second-order valence-corrected chi connectivity index (χ2v) is 2.25. The van der Waals surface area contributed by atoms with Gasteiger partial charge in [0.15, 0.2) is 0 Å². The Morgan fingerprint density at radius 2 is 2.27 bits per heavy atom. The lowest BCUT2D eigenvalue weighted by molar-refractivity contribution is 0.420. The monoisotopic (exact) mass is 150 g/mol. The molecule has 0 saturated carbocycles. The largest absolute Gasteiger partial charge is 0.488 e. The van der Waals surface area contributed by atoms with Crippen molar-refractivity contribution < 1.29 is 14.8 Å². The molecule has 0 radical (unpaired) electrons. The van der Waals surface area contributed by atoms with E-state index >= 15 is 0 Å². The Hall–Kier alpha value is -1.09. The van der Waals surface area contributed by atoms with E-state index in [1.807, 2.05) is 0 Å². The van der Waals surface area contributed by atoms with Gasteiger partial charge in [-0.15, -0.1) is 0 Å². The summed E-state index contributed by atoms with van der Waals surface area (Å²) in [6.07, 6.45) is 5.21. The molecule has 0 aromatic carbocycles. The molecule has 0 fully saturated rings. The molecule has 0 unspecified atom stereocenters. The van der Waals surface area contributed by atoms with Gasteiger partial charge in [-0.2, -0.15) is 0 Å². The molecule has 1 aliphatic carbocycles. The summed E-state index contributed by atoms with van der Waals surface area (Å²) in [6, 6.07) is 0. The van der Waals surface area contributed by atoms with Crippen molar-refractivity contribution in [3.63, 3.8) is 0 Å². The van der Waals surface area contributed by atoms with Crippen LogP contribution in [0, 0.1) is 0 Å². The van der Waals surface area contributed by atoms with Gasteiger partial charge in [0.1, 0.15) is 5.94 Å². The highest BCUT2D eigenvalue weighted by Gasteiger charge is 2.14. The van der Waals surface area contributed by atoms with Crippen molar-refractivity contribution in [3.05, 3.63) is 29.3 Å². The first-order valence-electron chi connectivity index (χ1n) is 3.22. The van der Waals surface area contributed by atoms with Crippen LogP contribution in [0.5, 0.6) is 0 Å². The highest BCUT2D eigenvalue weighted by molar-refractivity contribution is 6.52. The SMILES string of the molecule is O=C=C1C=C(B(O)O)C=CC1. The highest BCUT2D eigenvalue weighted by Crippen LogP contribution is 2.13. The van der Waals surface area contributed by atoms with Crippen molar-refractivity contribution >= 4 is 13.1 Å². The summed E-state index contributed by atoms with van der Waals surface area (Å²) in [5, 5.41) is 17.4. The molecular weight excluding hydrogens is 143 g/mol. The number of hydrogen-bond acceptors (Lipinski definition) is 3. The van der Waals surface area contributed by atoms with Gasteiger partial charge in [0, 0.05) is 12.0 Å². The van der Waals surface area contributed by atoms with Gasteiger partial charge in [0.25, 0.3) is 0 Å². The lowest BCUT2D eigenvalue weighted by Gasteiger charge is -2.04. The molecule has 0 aromatic rings. The number of carbonyl (C=O) groups excluding carboxylic acids is 1. The predicted molar refractivity (Wildman–Crippen MR) is 41.2 cm³/mol. The van der Waals surface area contributed by atoms with E-state index in [-0.39, 0.29) is 0 Å². The minimum atomic E-state index is -1.50. The van der Waals surface area contributed by atoms with Gasteiger partial charge < -0.3 is 10.0 Å². The van der Waals surface area contributed by atoms with E-state index in [0.717, 1.165) is 0 Å². The molecule has 11 heavy (non-hydrogen) atoms. The average molecular weight is 150 g/mol. The molecule has 0 spiro atoms. The summed E-state index contributed by atoms with van der Waals surface area (Å²) in [5.74, 6) is 1.71. The standard InChI is InChI=1S/C7H7BO3/c9-5-6-2-1-3-7(4-6)8(10)11/h1,3-4,10-11H,2H2. The summed E-state index contributed by atoms with van der Waals surface area (Å²) < 4.78 is 0. The molecule has 0 bridgehead atoms. The maximum absolute atomic E-state index is 10.1. The smallest absolute Gasteiger partial charge is 0.423 e. The Labute approximate surface area is 64.5 Å². The Kier molecular flexibility index (Phi) is 2.44. The number of rotatable bonds is 1. The third-order valence-corrected chi connectivity index (χ3v) is 1.42. The van der Waals surface area contributed by atoms with Crippen LogP contribution in [0.1, 0.15) is 6.42 Å². The third-order valence-electron chi connectivity index (χ3n) is 1.42. The van der Waals surface area contributed by atoms with Crippen molar-refractivity contribution in [2.75, 3.05) is 0 Å². The lowest BCUT2D eigenvalue weighted by atomic mass is 9.76. The van der Waals surface area contributed by atoms with E-state index in [1.165, 1.54) is 6.08 Å². The second-order valence-electron chi connectivity index (χ2n) is 2.25. The van der Waals surface area contributed by atoms with Crippen LogP contribution in [0.15, 0.2) is 29.3 Å². The first kappa shape index (κ1) is 8.02. The summed E-state index contributed by atoms with van der Waals surface area (Å²) in [7, 11) is -1.50. The second kappa shape index (κ2) is 3.35. The molecule has 56 valence electrons. The number of allylic oxidation sites excluding steroid dienone is 5. The zero-order valence-corrected chi connectivity index (χ0v) is 5.82. The minimum absolute atomic E-state index is 0.328. The Morgan fingerprint density at radius 1 is 1.55 bits per heavy atom. The average Bonchev–Trinajstić information content (AvgIpc) is 2.05. The van der Waals surface area contributed by atoms with E-state index in [1.54, 1.807) is 18.1 Å². The van der Waals surface area contributed by atoms with Crippen molar-refractivity contribution in [1.82, 2.24) is 0 Å². The van der Waals surface area contributed by atoms with Crippen molar-refractivity contribution in [3.8, 4) is 0 Å². The van der Waals surface area contributed by atoms with Gasteiger partial charge in [-0.05, 0) is 11.5 Å². The molecule has 0 aliphatic heterocycles. The molecule has 0 aromatic heterocycles. The summed E-state index contributed by atoms with van der Waals surface area (Å²) >= 11 is 0. The van der Waals surface area contributed by atoms with Crippen LogP contribution in [-0.2, 0) is 4.79 Å².